The van der Waals surface area contributed by atoms with Gasteiger partial charge in [-0.1, -0.05) is 39.7 Å². The molecule has 0 spiro atoms. The average molecular weight is 356 g/mol. The third-order valence-electron chi connectivity index (χ3n) is 2.73. The van der Waals surface area contributed by atoms with Gasteiger partial charge in [0.25, 0.3) is 0 Å². The Kier molecular flexibility index (Phi) is 4.52. The molecule has 2 aromatic rings. The third kappa shape index (κ3) is 3.43. The second-order valence-electron chi connectivity index (χ2n) is 4.21. The molecule has 4 N–H and O–H groups in total. The van der Waals surface area contributed by atoms with E-state index in [0.717, 1.165) is 10.0 Å². The quantitative estimate of drug-likeness (QED) is 0.725. The molecule has 0 radical (unpaired) electrons. The number of anilines is 2. The van der Waals surface area contributed by atoms with Crippen LogP contribution >= 0.6 is 27.5 Å². The second kappa shape index (κ2) is 6.15. The van der Waals surface area contributed by atoms with Crippen LogP contribution in [0.25, 0.3) is 0 Å². The lowest BCUT2D eigenvalue weighted by molar-refractivity contribution is 0.0698. The first-order valence-electron chi connectivity index (χ1n) is 5.78. The second-order valence-corrected chi connectivity index (χ2v) is 5.53. The van der Waals surface area contributed by atoms with Crippen molar-refractivity contribution in [3.8, 4) is 0 Å². The number of carbonyl (C=O) groups is 1. The van der Waals surface area contributed by atoms with Crippen LogP contribution in [-0.4, -0.2) is 11.1 Å². The minimum absolute atomic E-state index is 0.0621. The van der Waals surface area contributed by atoms with E-state index in [1.807, 2.05) is 24.3 Å². The lowest BCUT2D eigenvalue weighted by atomic mass is 10.1. The topological polar surface area (TPSA) is 75.3 Å². The van der Waals surface area contributed by atoms with Gasteiger partial charge in [0.2, 0.25) is 0 Å². The van der Waals surface area contributed by atoms with E-state index in [1.165, 1.54) is 12.1 Å². The number of nitrogen functional groups attached to an aromatic ring is 1. The van der Waals surface area contributed by atoms with Crippen LogP contribution in [0.5, 0.6) is 0 Å². The Balaban J connectivity index is 2.24. The first-order chi connectivity index (χ1) is 9.47. The number of nitrogens with two attached hydrogens (primary N) is 1. The maximum absolute atomic E-state index is 11.2. The van der Waals surface area contributed by atoms with Crippen LogP contribution in [0, 0.1) is 0 Å². The summed E-state index contributed by atoms with van der Waals surface area (Å²) in [5.41, 5.74) is 7.38. The fraction of sp³-hybridized carbons (Fsp3) is 0.0714. The zero-order valence-corrected chi connectivity index (χ0v) is 12.7. The highest BCUT2D eigenvalue weighted by Crippen LogP contribution is 2.29. The Morgan fingerprint density at radius 2 is 1.95 bits per heavy atom. The molecule has 104 valence electrons. The molecular weight excluding hydrogens is 344 g/mol. The summed E-state index contributed by atoms with van der Waals surface area (Å²) >= 11 is 9.42. The highest BCUT2D eigenvalue weighted by atomic mass is 79.9. The first-order valence-corrected chi connectivity index (χ1v) is 6.95. The van der Waals surface area contributed by atoms with Gasteiger partial charge in [0.15, 0.2) is 0 Å². The van der Waals surface area contributed by atoms with Gasteiger partial charge in [-0.2, -0.15) is 0 Å². The molecule has 0 saturated carbocycles. The van der Waals surface area contributed by atoms with Crippen LogP contribution in [0.2, 0.25) is 5.02 Å². The van der Waals surface area contributed by atoms with Crippen molar-refractivity contribution >= 4 is 44.9 Å². The highest BCUT2D eigenvalue weighted by Gasteiger charge is 2.14. The lowest BCUT2D eigenvalue weighted by Gasteiger charge is -2.12. The molecule has 0 bridgehead atoms. The van der Waals surface area contributed by atoms with E-state index in [-0.39, 0.29) is 5.56 Å². The summed E-state index contributed by atoms with van der Waals surface area (Å²) in [7, 11) is 0. The summed E-state index contributed by atoms with van der Waals surface area (Å²) in [6.07, 6.45) is 0. The average Bonchev–Trinajstić information content (AvgIpc) is 2.38. The summed E-state index contributed by atoms with van der Waals surface area (Å²) in [6, 6.07) is 10.6. The van der Waals surface area contributed by atoms with Crippen molar-refractivity contribution in [3.63, 3.8) is 0 Å². The van der Waals surface area contributed by atoms with Crippen LogP contribution in [0.1, 0.15) is 15.9 Å². The predicted molar refractivity (Wildman–Crippen MR) is 84.3 cm³/mol. The Labute approximate surface area is 129 Å². The maximum Gasteiger partial charge on any atom is 0.337 e. The van der Waals surface area contributed by atoms with E-state index >= 15 is 0 Å². The van der Waals surface area contributed by atoms with Crippen LogP contribution in [0.15, 0.2) is 40.9 Å². The van der Waals surface area contributed by atoms with Crippen LogP contribution in [-0.2, 0) is 6.54 Å². The molecule has 20 heavy (non-hydrogen) atoms. The zero-order valence-electron chi connectivity index (χ0n) is 10.4. The summed E-state index contributed by atoms with van der Waals surface area (Å²) in [5, 5.41) is 12.5. The van der Waals surface area contributed by atoms with E-state index in [0.29, 0.717) is 22.9 Å². The number of halogens is 2. The molecule has 6 heteroatoms. The Hall–Kier alpha value is -1.72. The van der Waals surface area contributed by atoms with Crippen molar-refractivity contribution in [2.24, 2.45) is 0 Å². The smallest absolute Gasteiger partial charge is 0.337 e. The van der Waals surface area contributed by atoms with Crippen molar-refractivity contribution < 1.29 is 9.90 Å². The number of hydrogen-bond donors (Lipinski definition) is 3. The van der Waals surface area contributed by atoms with Gasteiger partial charge in [-0.25, -0.2) is 4.79 Å². The van der Waals surface area contributed by atoms with E-state index < -0.39 is 5.97 Å². The number of aromatic carboxylic acids is 1. The van der Waals surface area contributed by atoms with Gasteiger partial charge >= 0.3 is 5.97 Å². The normalized spacial score (nSPS) is 10.3. The van der Waals surface area contributed by atoms with Crippen molar-refractivity contribution in [1.82, 2.24) is 0 Å². The number of carboxylic acid groups (broad SMARTS) is 1. The number of nitrogens with one attached hydrogen (secondary N) is 1. The molecule has 0 amide bonds. The van der Waals surface area contributed by atoms with E-state index in [1.54, 1.807) is 0 Å². The van der Waals surface area contributed by atoms with Gasteiger partial charge in [-0.05, 0) is 29.8 Å². The molecule has 0 aliphatic carbocycles. The van der Waals surface area contributed by atoms with Gasteiger partial charge in [0, 0.05) is 16.7 Å². The molecule has 0 heterocycles. The van der Waals surface area contributed by atoms with Gasteiger partial charge < -0.3 is 16.2 Å². The minimum Gasteiger partial charge on any atom is -0.478 e. The van der Waals surface area contributed by atoms with Crippen molar-refractivity contribution in [2.45, 2.75) is 6.54 Å². The molecule has 0 aliphatic heterocycles. The molecule has 0 saturated heterocycles. The predicted octanol–water partition coefficient (Wildman–Crippen LogP) is 4.00. The van der Waals surface area contributed by atoms with E-state index in [9.17, 15) is 9.90 Å². The first kappa shape index (κ1) is 14.7. The molecule has 0 aliphatic rings. The fourth-order valence-corrected chi connectivity index (χ4v) is 2.33. The third-order valence-corrected chi connectivity index (χ3v) is 3.55. The van der Waals surface area contributed by atoms with Gasteiger partial charge in [-0.15, -0.1) is 0 Å². The van der Waals surface area contributed by atoms with Crippen LogP contribution < -0.4 is 11.1 Å². The molecule has 0 fully saturated rings. The standard InChI is InChI=1S/C14H12BrClN2O2/c15-9-3-1-8(2-4-9)7-18-13-11(14(19)20)5-10(17)6-12(13)16/h1-6,18H,7,17H2,(H,19,20). The van der Waals surface area contributed by atoms with E-state index in [2.05, 4.69) is 21.2 Å². The molecule has 0 unspecified atom stereocenters. The Bertz CT molecular complexity index is 644. The molecule has 2 rings (SSSR count). The molecule has 2 aromatic carbocycles. The van der Waals surface area contributed by atoms with Crippen molar-refractivity contribution in [3.05, 3.63) is 57.0 Å². The molecular formula is C14H12BrClN2O2. The van der Waals surface area contributed by atoms with Gasteiger partial charge in [-0.3, -0.25) is 0 Å². The monoisotopic (exact) mass is 354 g/mol. The van der Waals surface area contributed by atoms with Gasteiger partial charge in [0.1, 0.15) is 0 Å². The lowest BCUT2D eigenvalue weighted by Crippen LogP contribution is -2.08. The summed E-state index contributed by atoms with van der Waals surface area (Å²) < 4.78 is 0.984. The van der Waals surface area contributed by atoms with Crippen LogP contribution in [0.3, 0.4) is 0 Å². The SMILES string of the molecule is Nc1cc(Cl)c(NCc2ccc(Br)cc2)c(C(=O)O)c1. The molecule has 4 nitrogen and oxygen atoms in total. The fourth-order valence-electron chi connectivity index (χ4n) is 1.77. The number of benzene rings is 2. The van der Waals surface area contributed by atoms with Gasteiger partial charge in [0.05, 0.1) is 16.3 Å². The largest absolute Gasteiger partial charge is 0.478 e. The number of carboxylic acids is 1. The Morgan fingerprint density at radius 1 is 1.30 bits per heavy atom. The highest BCUT2D eigenvalue weighted by molar-refractivity contribution is 9.10. The summed E-state index contributed by atoms with van der Waals surface area (Å²) in [4.78, 5) is 11.2. The summed E-state index contributed by atoms with van der Waals surface area (Å²) in [5.74, 6) is -1.07. The van der Waals surface area contributed by atoms with Crippen molar-refractivity contribution in [2.75, 3.05) is 11.1 Å². The molecule has 0 atom stereocenters. The minimum atomic E-state index is -1.07. The maximum atomic E-state index is 11.2. The zero-order chi connectivity index (χ0) is 14.7. The Morgan fingerprint density at radius 3 is 2.55 bits per heavy atom. The van der Waals surface area contributed by atoms with Crippen molar-refractivity contribution in [1.29, 1.82) is 0 Å². The summed E-state index contributed by atoms with van der Waals surface area (Å²) in [6.45, 7) is 0.469. The number of hydrogen-bond acceptors (Lipinski definition) is 3. The number of rotatable bonds is 4. The van der Waals surface area contributed by atoms with Crippen LogP contribution in [0.4, 0.5) is 11.4 Å². The molecule has 0 aromatic heterocycles. The van der Waals surface area contributed by atoms with E-state index in [4.69, 9.17) is 17.3 Å².